The van der Waals surface area contributed by atoms with Crippen LogP contribution in [0.15, 0.2) is 47.4 Å². The highest BCUT2D eigenvalue weighted by atomic mass is 32.2. The zero-order chi connectivity index (χ0) is 21.2. The van der Waals surface area contributed by atoms with Gasteiger partial charge in [-0.2, -0.15) is 4.31 Å². The van der Waals surface area contributed by atoms with E-state index in [2.05, 4.69) is 24.5 Å². The van der Waals surface area contributed by atoms with E-state index >= 15 is 0 Å². The molecule has 0 atom stereocenters. The smallest absolute Gasteiger partial charge is 0.243 e. The summed E-state index contributed by atoms with van der Waals surface area (Å²) in [5.41, 5.74) is 3.18. The molecule has 2 aromatic rings. The van der Waals surface area contributed by atoms with Gasteiger partial charge in [0.1, 0.15) is 0 Å². The average Bonchev–Trinajstić information content (AvgIpc) is 2.67. The molecule has 0 aromatic heterocycles. The molecule has 0 unspecified atom stereocenters. The largest absolute Gasteiger partial charge is 0.326 e. The predicted molar refractivity (Wildman–Crippen MR) is 112 cm³/mol. The van der Waals surface area contributed by atoms with Crippen molar-refractivity contribution in [1.82, 2.24) is 4.31 Å². The molecule has 1 aliphatic heterocycles. The van der Waals surface area contributed by atoms with Crippen LogP contribution >= 0.6 is 0 Å². The second-order valence-corrected chi connectivity index (χ2v) is 9.50. The topological polar surface area (TPSA) is 95.6 Å². The van der Waals surface area contributed by atoms with Crippen LogP contribution in [0, 0.1) is 0 Å². The summed E-state index contributed by atoms with van der Waals surface area (Å²) < 4.78 is 26.7. The van der Waals surface area contributed by atoms with Gasteiger partial charge in [0.05, 0.1) is 11.4 Å². The molecule has 7 nitrogen and oxygen atoms in total. The normalized spacial score (nSPS) is 13.9. The summed E-state index contributed by atoms with van der Waals surface area (Å²) in [5, 5.41) is 5.45. The first-order valence-corrected chi connectivity index (χ1v) is 10.9. The summed E-state index contributed by atoms with van der Waals surface area (Å²) in [5.74, 6) is -0.108. The Balaban J connectivity index is 1.68. The lowest BCUT2D eigenvalue weighted by Gasteiger charge is -2.20. The van der Waals surface area contributed by atoms with Crippen LogP contribution in [0.1, 0.15) is 37.3 Å². The number of benzene rings is 2. The molecule has 2 aromatic carbocycles. The lowest BCUT2D eigenvalue weighted by molar-refractivity contribution is -0.117. The molecule has 2 N–H and O–H groups in total. The van der Waals surface area contributed by atoms with Gasteiger partial charge in [-0.05, 0) is 53.8 Å². The molecule has 154 valence electrons. The second-order valence-electron chi connectivity index (χ2n) is 7.45. The van der Waals surface area contributed by atoms with Crippen LogP contribution in [-0.4, -0.2) is 38.1 Å². The van der Waals surface area contributed by atoms with Crippen molar-refractivity contribution in [2.24, 2.45) is 0 Å². The molecule has 0 aliphatic carbocycles. The van der Waals surface area contributed by atoms with Crippen LogP contribution in [0.5, 0.6) is 0 Å². The molecule has 1 aliphatic rings. The first-order chi connectivity index (χ1) is 13.7. The zero-order valence-corrected chi connectivity index (χ0v) is 17.5. The molecule has 0 spiro atoms. The molecular formula is C21H25N3O4S. The molecule has 3 rings (SSSR count). The standard InChI is InChI=1S/C21H25N3O4S/c1-14(2)15-4-7-17(8-5-15)22-21(26)13-24(3)29(27,28)18-9-10-19-16(12-18)6-11-20(25)23-19/h4-5,7-10,12,14H,6,11,13H2,1-3H3,(H,22,26)(H,23,25). The highest BCUT2D eigenvalue weighted by molar-refractivity contribution is 7.89. The Morgan fingerprint density at radius 2 is 1.83 bits per heavy atom. The lowest BCUT2D eigenvalue weighted by Crippen LogP contribution is -2.35. The van der Waals surface area contributed by atoms with E-state index in [1.54, 1.807) is 24.3 Å². The van der Waals surface area contributed by atoms with Gasteiger partial charge in [0.15, 0.2) is 0 Å². The third-order valence-corrected chi connectivity index (χ3v) is 6.71. The average molecular weight is 416 g/mol. The fourth-order valence-corrected chi connectivity index (χ4v) is 4.32. The number of anilines is 2. The predicted octanol–water partition coefficient (Wildman–Crippen LogP) is 2.95. The van der Waals surface area contributed by atoms with Crippen molar-refractivity contribution >= 4 is 33.2 Å². The molecule has 29 heavy (non-hydrogen) atoms. The van der Waals surface area contributed by atoms with Crippen molar-refractivity contribution in [1.29, 1.82) is 0 Å². The van der Waals surface area contributed by atoms with Crippen LogP contribution in [0.3, 0.4) is 0 Å². The number of rotatable bonds is 6. The van der Waals surface area contributed by atoms with Crippen LogP contribution < -0.4 is 10.6 Å². The number of fused-ring (bicyclic) bond motifs is 1. The summed E-state index contributed by atoms with van der Waals surface area (Å²) in [6.45, 7) is 3.87. The van der Waals surface area contributed by atoms with Gasteiger partial charge < -0.3 is 10.6 Å². The number of nitrogens with one attached hydrogen (secondary N) is 2. The van der Waals surface area contributed by atoms with Gasteiger partial charge in [-0.3, -0.25) is 9.59 Å². The van der Waals surface area contributed by atoms with Crippen molar-refractivity contribution in [3.05, 3.63) is 53.6 Å². The van der Waals surface area contributed by atoms with E-state index < -0.39 is 15.9 Å². The van der Waals surface area contributed by atoms with Crippen molar-refractivity contribution in [2.75, 3.05) is 24.2 Å². The summed E-state index contributed by atoms with van der Waals surface area (Å²) in [6, 6.07) is 12.1. The summed E-state index contributed by atoms with van der Waals surface area (Å²) in [6.07, 6.45) is 0.811. The Morgan fingerprint density at radius 3 is 2.48 bits per heavy atom. The maximum absolute atomic E-state index is 12.8. The third-order valence-electron chi connectivity index (χ3n) is 4.91. The summed E-state index contributed by atoms with van der Waals surface area (Å²) >= 11 is 0. The lowest BCUT2D eigenvalue weighted by atomic mass is 10.0. The monoisotopic (exact) mass is 415 g/mol. The Kier molecular flexibility index (Phi) is 6.04. The molecule has 8 heteroatoms. The summed E-state index contributed by atoms with van der Waals surface area (Å²) in [7, 11) is -2.46. The van der Waals surface area contributed by atoms with E-state index in [1.807, 2.05) is 12.1 Å². The van der Waals surface area contributed by atoms with E-state index in [-0.39, 0.29) is 17.3 Å². The van der Waals surface area contributed by atoms with Crippen LogP contribution in [-0.2, 0) is 26.0 Å². The molecule has 0 fully saturated rings. The fraction of sp³-hybridized carbons (Fsp3) is 0.333. The highest BCUT2D eigenvalue weighted by Crippen LogP contribution is 2.26. The van der Waals surface area contributed by atoms with Crippen LogP contribution in [0.25, 0.3) is 0 Å². The minimum atomic E-state index is -3.83. The van der Waals surface area contributed by atoms with Crippen LogP contribution in [0.4, 0.5) is 11.4 Å². The van der Waals surface area contributed by atoms with Crippen molar-refractivity contribution < 1.29 is 18.0 Å². The SMILES string of the molecule is CC(C)c1ccc(NC(=O)CN(C)S(=O)(=O)c2ccc3c(c2)CCC(=O)N3)cc1. The van der Waals surface area contributed by atoms with Crippen molar-refractivity contribution in [2.45, 2.75) is 37.5 Å². The second kappa shape index (κ2) is 8.34. The molecule has 0 bridgehead atoms. The number of hydrogen-bond acceptors (Lipinski definition) is 4. The van der Waals surface area contributed by atoms with E-state index in [0.717, 1.165) is 15.4 Å². The number of amides is 2. The summed E-state index contributed by atoms with van der Waals surface area (Å²) in [4.78, 5) is 23.9. The maximum Gasteiger partial charge on any atom is 0.243 e. The quantitative estimate of drug-likeness (QED) is 0.758. The Hall–Kier alpha value is -2.71. The molecule has 0 saturated heterocycles. The number of likely N-dealkylation sites (N-methyl/N-ethyl adjacent to an activating group) is 1. The minimum Gasteiger partial charge on any atom is -0.326 e. The van der Waals surface area contributed by atoms with Gasteiger partial charge in [-0.1, -0.05) is 26.0 Å². The van der Waals surface area contributed by atoms with E-state index in [0.29, 0.717) is 30.1 Å². The molecule has 1 heterocycles. The number of sulfonamides is 1. The van der Waals surface area contributed by atoms with Gasteiger partial charge in [-0.25, -0.2) is 8.42 Å². The van der Waals surface area contributed by atoms with E-state index in [9.17, 15) is 18.0 Å². The molecule has 0 radical (unpaired) electrons. The fourth-order valence-electron chi connectivity index (χ4n) is 3.14. The Morgan fingerprint density at radius 1 is 1.14 bits per heavy atom. The van der Waals surface area contributed by atoms with Crippen molar-refractivity contribution in [3.63, 3.8) is 0 Å². The highest BCUT2D eigenvalue weighted by Gasteiger charge is 2.25. The first-order valence-electron chi connectivity index (χ1n) is 9.46. The van der Waals surface area contributed by atoms with Gasteiger partial charge in [0, 0.05) is 24.8 Å². The Labute approximate surface area is 171 Å². The zero-order valence-electron chi connectivity index (χ0n) is 16.7. The van der Waals surface area contributed by atoms with Gasteiger partial charge in [0.2, 0.25) is 21.8 Å². The van der Waals surface area contributed by atoms with Crippen molar-refractivity contribution in [3.8, 4) is 0 Å². The van der Waals surface area contributed by atoms with Gasteiger partial charge in [0.25, 0.3) is 0 Å². The third kappa shape index (κ3) is 4.83. The molecule has 0 saturated carbocycles. The molecule has 2 amide bonds. The van der Waals surface area contributed by atoms with Gasteiger partial charge in [-0.15, -0.1) is 0 Å². The van der Waals surface area contributed by atoms with E-state index in [1.165, 1.54) is 13.1 Å². The number of aryl methyl sites for hydroxylation is 1. The Bertz CT molecular complexity index is 1030. The molecular weight excluding hydrogens is 390 g/mol. The maximum atomic E-state index is 12.8. The number of nitrogens with zero attached hydrogens (tertiary/aromatic N) is 1. The minimum absolute atomic E-state index is 0.0803. The van der Waals surface area contributed by atoms with Gasteiger partial charge >= 0.3 is 0 Å². The number of hydrogen-bond donors (Lipinski definition) is 2. The number of carbonyl (C=O) groups excluding carboxylic acids is 2. The first kappa shape index (κ1) is 21.0. The van der Waals surface area contributed by atoms with Crippen LogP contribution in [0.2, 0.25) is 0 Å². The van der Waals surface area contributed by atoms with E-state index in [4.69, 9.17) is 0 Å². The number of carbonyl (C=O) groups is 2.